The van der Waals surface area contributed by atoms with E-state index in [1.54, 1.807) is 11.3 Å². The third-order valence-corrected chi connectivity index (χ3v) is 2.27. The second kappa shape index (κ2) is 1.63. The SMILES string of the molecule is Nc1nn(N)c2ccsc12. The molecule has 0 saturated carbocycles. The first kappa shape index (κ1) is 5.55. The lowest BCUT2D eigenvalue weighted by Gasteiger charge is -1.85. The molecule has 5 heteroatoms. The number of aromatic nitrogens is 2. The van der Waals surface area contributed by atoms with Gasteiger partial charge in [-0.3, -0.25) is 0 Å². The van der Waals surface area contributed by atoms with E-state index in [0.29, 0.717) is 5.82 Å². The van der Waals surface area contributed by atoms with Gasteiger partial charge in [0.05, 0.1) is 4.70 Å². The van der Waals surface area contributed by atoms with Crippen molar-refractivity contribution in [3.63, 3.8) is 0 Å². The van der Waals surface area contributed by atoms with E-state index in [0.717, 1.165) is 10.2 Å². The van der Waals surface area contributed by atoms with E-state index < -0.39 is 0 Å². The lowest BCUT2D eigenvalue weighted by Crippen LogP contribution is -2.09. The van der Waals surface area contributed by atoms with Crippen molar-refractivity contribution < 1.29 is 0 Å². The molecule has 0 bridgehead atoms. The average molecular weight is 154 g/mol. The highest BCUT2D eigenvalue weighted by molar-refractivity contribution is 7.17. The van der Waals surface area contributed by atoms with Gasteiger partial charge in [-0.2, -0.15) is 4.79 Å². The molecule has 2 aromatic heterocycles. The Kier molecular flexibility index (Phi) is 0.906. The lowest BCUT2D eigenvalue weighted by atomic mass is 10.5. The van der Waals surface area contributed by atoms with Crippen LogP contribution in [0.2, 0.25) is 0 Å². The zero-order chi connectivity index (χ0) is 7.14. The molecule has 0 radical (unpaired) electrons. The number of thiophene rings is 1. The van der Waals surface area contributed by atoms with Crippen LogP contribution in [0, 0.1) is 0 Å². The lowest BCUT2D eigenvalue weighted by molar-refractivity contribution is 0.869. The highest BCUT2D eigenvalue weighted by Crippen LogP contribution is 2.24. The van der Waals surface area contributed by atoms with E-state index in [1.807, 2.05) is 11.4 Å². The molecule has 0 fully saturated rings. The van der Waals surface area contributed by atoms with Gasteiger partial charge in [0.1, 0.15) is 5.52 Å². The van der Waals surface area contributed by atoms with Gasteiger partial charge in [-0.1, -0.05) is 0 Å². The molecule has 0 unspecified atom stereocenters. The Balaban J connectivity index is 2.98. The molecule has 2 rings (SSSR count). The van der Waals surface area contributed by atoms with E-state index in [2.05, 4.69) is 5.10 Å². The minimum atomic E-state index is 0.507. The van der Waals surface area contributed by atoms with Crippen molar-refractivity contribution in [2.75, 3.05) is 11.6 Å². The van der Waals surface area contributed by atoms with Crippen LogP contribution in [0.1, 0.15) is 0 Å². The summed E-state index contributed by atoms with van der Waals surface area (Å²) >= 11 is 1.55. The molecular formula is C5H6N4S. The second-order valence-corrected chi connectivity index (χ2v) is 2.88. The predicted octanol–water partition coefficient (Wildman–Crippen LogP) is 0.394. The highest BCUT2D eigenvalue weighted by Gasteiger charge is 2.05. The van der Waals surface area contributed by atoms with E-state index in [1.165, 1.54) is 4.79 Å². The van der Waals surface area contributed by atoms with Gasteiger partial charge in [-0.15, -0.1) is 16.4 Å². The maximum atomic E-state index is 5.52. The number of hydrogen-bond donors (Lipinski definition) is 2. The molecule has 4 N–H and O–H groups in total. The summed E-state index contributed by atoms with van der Waals surface area (Å²) in [4.78, 5) is 1.29. The number of nitrogen functional groups attached to an aromatic ring is 2. The Morgan fingerprint density at radius 1 is 1.60 bits per heavy atom. The summed E-state index contributed by atoms with van der Waals surface area (Å²) in [5, 5.41) is 5.77. The Labute approximate surface area is 61.0 Å². The van der Waals surface area contributed by atoms with Crippen molar-refractivity contribution in [3.8, 4) is 0 Å². The third-order valence-electron chi connectivity index (χ3n) is 1.34. The van der Waals surface area contributed by atoms with Crippen LogP contribution < -0.4 is 11.6 Å². The normalized spacial score (nSPS) is 10.8. The summed E-state index contributed by atoms with van der Waals surface area (Å²) in [6.07, 6.45) is 0. The zero-order valence-corrected chi connectivity index (χ0v) is 5.93. The fraction of sp³-hybridized carbons (Fsp3) is 0. The minimum Gasteiger partial charge on any atom is -0.381 e. The molecule has 0 saturated heterocycles. The fourth-order valence-corrected chi connectivity index (χ4v) is 1.67. The molecule has 4 nitrogen and oxygen atoms in total. The van der Waals surface area contributed by atoms with Crippen LogP contribution in [0.25, 0.3) is 10.2 Å². The maximum Gasteiger partial charge on any atom is 0.165 e. The van der Waals surface area contributed by atoms with Gasteiger partial charge in [0, 0.05) is 0 Å². The van der Waals surface area contributed by atoms with Crippen molar-refractivity contribution >= 4 is 27.4 Å². The molecular weight excluding hydrogens is 148 g/mol. The Bertz CT molecular complexity index is 329. The van der Waals surface area contributed by atoms with Crippen LogP contribution >= 0.6 is 11.3 Å². The topological polar surface area (TPSA) is 69.9 Å². The van der Waals surface area contributed by atoms with Crippen LogP contribution in [0.4, 0.5) is 5.82 Å². The van der Waals surface area contributed by atoms with Crippen LogP contribution in [0.3, 0.4) is 0 Å². The van der Waals surface area contributed by atoms with Crippen molar-refractivity contribution in [3.05, 3.63) is 11.4 Å². The molecule has 10 heavy (non-hydrogen) atoms. The average Bonchev–Trinajstić information content (AvgIpc) is 2.39. The third kappa shape index (κ3) is 0.522. The number of nitrogens with zero attached hydrogens (tertiary/aromatic N) is 2. The first-order valence-electron chi connectivity index (χ1n) is 2.76. The smallest absolute Gasteiger partial charge is 0.165 e. The monoisotopic (exact) mass is 154 g/mol. The Morgan fingerprint density at radius 2 is 2.40 bits per heavy atom. The zero-order valence-electron chi connectivity index (χ0n) is 5.11. The van der Waals surface area contributed by atoms with Gasteiger partial charge in [-0.05, 0) is 11.4 Å². The van der Waals surface area contributed by atoms with Gasteiger partial charge in [0.2, 0.25) is 0 Å². The fourth-order valence-electron chi connectivity index (χ4n) is 0.890. The van der Waals surface area contributed by atoms with Crippen molar-refractivity contribution in [2.45, 2.75) is 0 Å². The van der Waals surface area contributed by atoms with E-state index >= 15 is 0 Å². The number of rotatable bonds is 0. The minimum absolute atomic E-state index is 0.507. The van der Waals surface area contributed by atoms with E-state index in [9.17, 15) is 0 Å². The molecule has 0 aliphatic rings. The van der Waals surface area contributed by atoms with Crippen molar-refractivity contribution in [2.24, 2.45) is 0 Å². The van der Waals surface area contributed by atoms with Gasteiger partial charge < -0.3 is 11.6 Å². The molecule has 0 aliphatic heterocycles. The largest absolute Gasteiger partial charge is 0.381 e. The van der Waals surface area contributed by atoms with Crippen LogP contribution in [0.15, 0.2) is 11.4 Å². The maximum absolute atomic E-state index is 5.52. The number of hydrogen-bond acceptors (Lipinski definition) is 4. The molecule has 0 amide bonds. The van der Waals surface area contributed by atoms with Gasteiger partial charge in [0.15, 0.2) is 5.82 Å². The molecule has 2 heterocycles. The van der Waals surface area contributed by atoms with Crippen molar-refractivity contribution in [1.82, 2.24) is 9.89 Å². The molecule has 0 spiro atoms. The van der Waals surface area contributed by atoms with Gasteiger partial charge in [0.25, 0.3) is 0 Å². The molecule has 52 valence electrons. The first-order valence-corrected chi connectivity index (χ1v) is 3.64. The van der Waals surface area contributed by atoms with Crippen LogP contribution in [-0.4, -0.2) is 9.89 Å². The summed E-state index contributed by atoms with van der Waals surface area (Å²) in [5.74, 6) is 5.96. The van der Waals surface area contributed by atoms with Crippen molar-refractivity contribution in [1.29, 1.82) is 0 Å². The summed E-state index contributed by atoms with van der Waals surface area (Å²) in [5.41, 5.74) is 6.41. The van der Waals surface area contributed by atoms with Gasteiger partial charge in [-0.25, -0.2) is 0 Å². The highest BCUT2D eigenvalue weighted by atomic mass is 32.1. The quantitative estimate of drug-likeness (QED) is 0.539. The summed E-state index contributed by atoms with van der Waals surface area (Å²) < 4.78 is 0.961. The summed E-state index contributed by atoms with van der Waals surface area (Å²) in [6, 6.07) is 1.89. The van der Waals surface area contributed by atoms with Gasteiger partial charge >= 0.3 is 0 Å². The standard InChI is InChI=1S/C5H6N4S/c6-5-4-3(1-2-10-4)9(7)8-5/h1-2H,7H2,(H2,6,8). The molecule has 2 aromatic rings. The predicted molar refractivity (Wildman–Crippen MR) is 42.2 cm³/mol. The van der Waals surface area contributed by atoms with E-state index in [4.69, 9.17) is 11.6 Å². The van der Waals surface area contributed by atoms with Crippen LogP contribution in [0.5, 0.6) is 0 Å². The molecule has 0 atom stereocenters. The first-order chi connectivity index (χ1) is 4.79. The number of anilines is 1. The second-order valence-electron chi connectivity index (χ2n) is 1.96. The molecule has 0 aromatic carbocycles. The van der Waals surface area contributed by atoms with Crippen LogP contribution in [-0.2, 0) is 0 Å². The number of nitrogens with two attached hydrogens (primary N) is 2. The van der Waals surface area contributed by atoms with E-state index in [-0.39, 0.29) is 0 Å². The Hall–Kier alpha value is -1.23. The Morgan fingerprint density at radius 3 is 3.10 bits per heavy atom. The summed E-state index contributed by atoms with van der Waals surface area (Å²) in [7, 11) is 0. The number of fused-ring (bicyclic) bond motifs is 1. The molecule has 0 aliphatic carbocycles. The summed E-state index contributed by atoms with van der Waals surface area (Å²) in [6.45, 7) is 0.